The molecule has 3 aliphatic rings. The monoisotopic (exact) mass is 363 g/mol. The molecule has 1 aromatic carbocycles. The zero-order chi connectivity index (χ0) is 17.6. The third-order valence-corrected chi connectivity index (χ3v) is 7.45. The first-order valence-corrected chi connectivity index (χ1v) is 10.6. The molecule has 0 spiro atoms. The highest BCUT2D eigenvalue weighted by Gasteiger charge is 2.37. The number of rotatable bonds is 4. The molecule has 2 fully saturated rings. The zero-order valence-electron chi connectivity index (χ0n) is 14.6. The van der Waals surface area contributed by atoms with E-state index in [1.54, 1.807) is 16.4 Å². The number of anilines is 1. The van der Waals surface area contributed by atoms with Crippen molar-refractivity contribution in [3.63, 3.8) is 0 Å². The van der Waals surface area contributed by atoms with E-state index < -0.39 is 10.0 Å². The Hall–Kier alpha value is -1.44. The van der Waals surface area contributed by atoms with Crippen LogP contribution < -0.4 is 4.90 Å². The van der Waals surface area contributed by atoms with Gasteiger partial charge in [-0.2, -0.15) is 4.31 Å². The molecule has 136 valence electrons. The van der Waals surface area contributed by atoms with Gasteiger partial charge in [0.2, 0.25) is 15.9 Å². The molecular weight excluding hydrogens is 338 g/mol. The smallest absolute Gasteiger partial charge is 0.243 e. The van der Waals surface area contributed by atoms with Gasteiger partial charge in [-0.25, -0.2) is 8.42 Å². The third kappa shape index (κ3) is 3.09. The molecule has 2 aliphatic heterocycles. The van der Waals surface area contributed by atoms with Gasteiger partial charge in [0.25, 0.3) is 0 Å². The molecule has 0 atom stereocenters. The lowest BCUT2D eigenvalue weighted by Crippen LogP contribution is -2.48. The van der Waals surface area contributed by atoms with Crippen molar-refractivity contribution >= 4 is 21.6 Å². The van der Waals surface area contributed by atoms with E-state index in [1.165, 1.54) is 0 Å². The van der Waals surface area contributed by atoms with Crippen molar-refractivity contribution in [3.05, 3.63) is 23.8 Å². The third-order valence-electron chi connectivity index (χ3n) is 5.56. The average molecular weight is 363 g/mol. The Labute approximate surface area is 149 Å². The van der Waals surface area contributed by atoms with Crippen molar-refractivity contribution in [3.8, 4) is 0 Å². The molecule has 0 radical (unpaired) electrons. The van der Waals surface area contributed by atoms with E-state index in [0.29, 0.717) is 24.5 Å². The first-order valence-electron chi connectivity index (χ1n) is 9.17. The van der Waals surface area contributed by atoms with Crippen molar-refractivity contribution in [1.82, 2.24) is 9.21 Å². The molecule has 0 aromatic heterocycles. The number of nitrogens with zero attached hydrogens (tertiary/aromatic N) is 3. The highest BCUT2D eigenvalue weighted by Crippen LogP contribution is 2.37. The molecule has 1 saturated heterocycles. The van der Waals surface area contributed by atoms with Gasteiger partial charge in [0, 0.05) is 44.3 Å². The van der Waals surface area contributed by atoms with Gasteiger partial charge >= 0.3 is 0 Å². The second-order valence-electron chi connectivity index (χ2n) is 7.14. The van der Waals surface area contributed by atoms with Crippen molar-refractivity contribution < 1.29 is 13.2 Å². The highest BCUT2D eigenvalue weighted by atomic mass is 32.2. The number of carbonyl (C=O) groups is 1. The maximum atomic E-state index is 12.9. The maximum absolute atomic E-state index is 12.9. The second kappa shape index (κ2) is 6.37. The molecule has 2 heterocycles. The quantitative estimate of drug-likeness (QED) is 0.809. The van der Waals surface area contributed by atoms with E-state index in [1.807, 2.05) is 11.0 Å². The molecule has 6 nitrogen and oxygen atoms in total. The molecule has 1 aliphatic carbocycles. The van der Waals surface area contributed by atoms with E-state index in [9.17, 15) is 13.2 Å². The molecular formula is C18H25N3O3S. The van der Waals surface area contributed by atoms with Crippen molar-refractivity contribution in [2.45, 2.75) is 31.1 Å². The molecule has 0 unspecified atom stereocenters. The summed E-state index contributed by atoms with van der Waals surface area (Å²) in [5.74, 6) is 0.384. The van der Waals surface area contributed by atoms with Crippen LogP contribution in [0.5, 0.6) is 0 Å². The summed E-state index contributed by atoms with van der Waals surface area (Å²) in [6, 6.07) is 5.26. The van der Waals surface area contributed by atoms with Gasteiger partial charge in [-0.3, -0.25) is 4.79 Å². The fraction of sp³-hybridized carbons (Fsp3) is 0.611. The standard InChI is InChI=1S/C18H25N3O3S/c1-2-19-9-11-20(12-10-19)25(23,24)16-5-6-17-15(13-16)7-8-21(17)18(22)14-3-4-14/h5-6,13-14H,2-4,7-12H2,1H3. The Bertz CT molecular complexity index is 781. The van der Waals surface area contributed by atoms with Crippen molar-refractivity contribution in [2.24, 2.45) is 5.92 Å². The number of hydrogen-bond donors (Lipinski definition) is 0. The average Bonchev–Trinajstić information content (AvgIpc) is 3.40. The van der Waals surface area contributed by atoms with Gasteiger partial charge in [-0.1, -0.05) is 6.92 Å². The second-order valence-corrected chi connectivity index (χ2v) is 9.08. The summed E-state index contributed by atoms with van der Waals surface area (Å²) in [6.45, 7) is 6.37. The van der Waals surface area contributed by atoms with Crippen LogP contribution in [0.15, 0.2) is 23.1 Å². The fourth-order valence-electron chi connectivity index (χ4n) is 3.75. The molecule has 0 bridgehead atoms. The minimum Gasteiger partial charge on any atom is -0.312 e. The van der Waals surface area contributed by atoms with Crippen LogP contribution in [0.3, 0.4) is 0 Å². The number of piperazine rings is 1. The number of likely N-dealkylation sites (N-methyl/N-ethyl adjacent to an activating group) is 1. The lowest BCUT2D eigenvalue weighted by molar-refractivity contribution is -0.119. The molecule has 7 heteroatoms. The summed E-state index contributed by atoms with van der Waals surface area (Å²) < 4.78 is 27.5. The lowest BCUT2D eigenvalue weighted by Gasteiger charge is -2.33. The Morgan fingerprint density at radius 2 is 1.84 bits per heavy atom. The van der Waals surface area contributed by atoms with Crippen molar-refractivity contribution in [2.75, 3.05) is 44.2 Å². The molecule has 25 heavy (non-hydrogen) atoms. The number of hydrogen-bond acceptors (Lipinski definition) is 4. The topological polar surface area (TPSA) is 60.9 Å². The van der Waals surface area contributed by atoms with Crippen molar-refractivity contribution in [1.29, 1.82) is 0 Å². The minimum atomic E-state index is -3.45. The van der Waals surface area contributed by atoms with Gasteiger partial charge in [0.05, 0.1) is 4.90 Å². The van der Waals surface area contributed by atoms with Crippen LogP contribution in [-0.2, 0) is 21.2 Å². The molecule has 0 N–H and O–H groups in total. The van der Waals surface area contributed by atoms with Gasteiger partial charge < -0.3 is 9.80 Å². The van der Waals surface area contributed by atoms with Crippen LogP contribution in [-0.4, -0.2) is 62.8 Å². The van der Waals surface area contributed by atoms with E-state index in [-0.39, 0.29) is 11.8 Å². The number of sulfonamides is 1. The van der Waals surface area contributed by atoms with E-state index in [4.69, 9.17) is 0 Å². The summed E-state index contributed by atoms with van der Waals surface area (Å²) in [5, 5.41) is 0. The van der Waals surface area contributed by atoms with Gasteiger partial charge in [0.1, 0.15) is 0 Å². The van der Waals surface area contributed by atoms with Gasteiger partial charge in [0.15, 0.2) is 0 Å². The summed E-state index contributed by atoms with van der Waals surface area (Å²) in [5.41, 5.74) is 1.87. The minimum absolute atomic E-state index is 0.184. The van der Waals surface area contributed by atoms with Crippen LogP contribution in [0, 0.1) is 5.92 Å². The molecule has 1 saturated carbocycles. The Kier molecular flexibility index (Phi) is 4.33. The van der Waals surface area contributed by atoms with Crippen LogP contribution in [0.2, 0.25) is 0 Å². The van der Waals surface area contributed by atoms with E-state index in [0.717, 1.165) is 50.1 Å². The number of amides is 1. The van der Waals surface area contributed by atoms with E-state index in [2.05, 4.69) is 11.8 Å². The predicted octanol–water partition coefficient (Wildman–Crippen LogP) is 1.31. The maximum Gasteiger partial charge on any atom is 0.243 e. The largest absolute Gasteiger partial charge is 0.312 e. The summed E-state index contributed by atoms with van der Waals surface area (Å²) in [4.78, 5) is 16.8. The van der Waals surface area contributed by atoms with Gasteiger partial charge in [-0.15, -0.1) is 0 Å². The zero-order valence-corrected chi connectivity index (χ0v) is 15.5. The summed E-state index contributed by atoms with van der Waals surface area (Å²) >= 11 is 0. The SMILES string of the molecule is CCN1CCN(S(=O)(=O)c2ccc3c(c2)CCN3C(=O)C2CC2)CC1. The summed E-state index contributed by atoms with van der Waals surface area (Å²) in [6.07, 6.45) is 2.71. The Morgan fingerprint density at radius 3 is 2.48 bits per heavy atom. The first kappa shape index (κ1) is 17.0. The number of carbonyl (C=O) groups excluding carboxylic acids is 1. The van der Waals surface area contributed by atoms with Gasteiger partial charge in [-0.05, 0) is 49.6 Å². The normalized spacial score (nSPS) is 22.2. The lowest BCUT2D eigenvalue weighted by atomic mass is 10.2. The molecule has 1 aromatic rings. The van der Waals surface area contributed by atoms with Crippen LogP contribution in [0.4, 0.5) is 5.69 Å². The molecule has 4 rings (SSSR count). The predicted molar refractivity (Wildman–Crippen MR) is 96.1 cm³/mol. The fourth-order valence-corrected chi connectivity index (χ4v) is 5.23. The van der Waals surface area contributed by atoms with Crippen LogP contribution in [0.25, 0.3) is 0 Å². The highest BCUT2D eigenvalue weighted by molar-refractivity contribution is 7.89. The number of fused-ring (bicyclic) bond motifs is 1. The van der Waals surface area contributed by atoms with Crippen LogP contribution in [0.1, 0.15) is 25.3 Å². The Morgan fingerprint density at radius 1 is 1.12 bits per heavy atom. The Balaban J connectivity index is 1.55. The summed E-state index contributed by atoms with van der Waals surface area (Å²) in [7, 11) is -3.45. The van der Waals surface area contributed by atoms with Crippen LogP contribution >= 0.6 is 0 Å². The molecule has 1 amide bonds. The number of benzene rings is 1. The van der Waals surface area contributed by atoms with E-state index >= 15 is 0 Å². The first-order chi connectivity index (χ1) is 12.0.